The van der Waals surface area contributed by atoms with Crippen molar-refractivity contribution in [1.82, 2.24) is 10.4 Å². The summed E-state index contributed by atoms with van der Waals surface area (Å²) in [6, 6.07) is 17.9. The standard InChI is InChI=1S/C22H18ClN3O4/c1-30-17-9-4-14(5-10-17)21(28)25-26-20(13-2-7-16(27)8-3-13)24-19-11-6-15(23)12-18(19)22(26)29/h2-12,20,24,27H,1H3,(H,25,28). The number of carbonyl (C=O) groups excluding carboxylic acids is 2. The van der Waals surface area contributed by atoms with Gasteiger partial charge in [0, 0.05) is 16.3 Å². The number of nitrogens with zero attached hydrogens (tertiary/aromatic N) is 1. The van der Waals surface area contributed by atoms with Gasteiger partial charge < -0.3 is 15.2 Å². The van der Waals surface area contributed by atoms with Crippen LogP contribution >= 0.6 is 11.6 Å². The molecule has 2 amide bonds. The van der Waals surface area contributed by atoms with Crippen molar-refractivity contribution in [3.63, 3.8) is 0 Å². The van der Waals surface area contributed by atoms with Crippen LogP contribution in [-0.2, 0) is 0 Å². The third-order valence-corrected chi connectivity index (χ3v) is 5.00. The second kappa shape index (κ2) is 7.96. The molecular formula is C22H18ClN3O4. The summed E-state index contributed by atoms with van der Waals surface area (Å²) in [5, 5.41) is 14.5. The average Bonchev–Trinajstić information content (AvgIpc) is 2.76. The number of methoxy groups -OCH3 is 1. The van der Waals surface area contributed by atoms with E-state index >= 15 is 0 Å². The van der Waals surface area contributed by atoms with Crippen LogP contribution < -0.4 is 15.5 Å². The summed E-state index contributed by atoms with van der Waals surface area (Å²) in [4.78, 5) is 26.1. The van der Waals surface area contributed by atoms with Crippen LogP contribution in [0.2, 0.25) is 5.02 Å². The number of carbonyl (C=O) groups is 2. The Morgan fingerprint density at radius 3 is 2.47 bits per heavy atom. The lowest BCUT2D eigenvalue weighted by atomic mass is 10.0. The van der Waals surface area contributed by atoms with Gasteiger partial charge in [0.2, 0.25) is 0 Å². The molecule has 3 aromatic carbocycles. The normalized spacial score (nSPS) is 15.2. The summed E-state index contributed by atoms with van der Waals surface area (Å²) in [6.07, 6.45) is -0.686. The van der Waals surface area contributed by atoms with E-state index < -0.39 is 18.0 Å². The van der Waals surface area contributed by atoms with Gasteiger partial charge in [-0.15, -0.1) is 0 Å². The maximum Gasteiger partial charge on any atom is 0.276 e. The highest BCUT2D eigenvalue weighted by Crippen LogP contribution is 2.34. The van der Waals surface area contributed by atoms with Gasteiger partial charge in [-0.1, -0.05) is 23.7 Å². The Bertz CT molecular complexity index is 1100. The highest BCUT2D eigenvalue weighted by atomic mass is 35.5. The summed E-state index contributed by atoms with van der Waals surface area (Å²) in [6.45, 7) is 0. The van der Waals surface area contributed by atoms with Crippen LogP contribution in [0.25, 0.3) is 0 Å². The summed E-state index contributed by atoms with van der Waals surface area (Å²) in [7, 11) is 1.54. The zero-order chi connectivity index (χ0) is 21.3. The molecule has 1 aliphatic rings. The largest absolute Gasteiger partial charge is 0.508 e. The van der Waals surface area contributed by atoms with E-state index in [9.17, 15) is 14.7 Å². The number of nitrogens with one attached hydrogen (secondary N) is 2. The second-order valence-electron chi connectivity index (χ2n) is 6.67. The highest BCUT2D eigenvalue weighted by Gasteiger charge is 2.34. The van der Waals surface area contributed by atoms with Gasteiger partial charge in [-0.05, 0) is 60.2 Å². The lowest BCUT2D eigenvalue weighted by Crippen LogP contribution is -2.52. The summed E-state index contributed by atoms with van der Waals surface area (Å²) in [5.74, 6) is -0.150. The smallest absolute Gasteiger partial charge is 0.276 e. The van der Waals surface area contributed by atoms with Gasteiger partial charge in [-0.2, -0.15) is 0 Å². The lowest BCUT2D eigenvalue weighted by Gasteiger charge is -2.37. The van der Waals surface area contributed by atoms with Gasteiger partial charge in [-0.25, -0.2) is 5.01 Å². The van der Waals surface area contributed by atoms with Crippen LogP contribution in [0.4, 0.5) is 5.69 Å². The minimum atomic E-state index is -0.686. The molecule has 3 N–H and O–H groups in total. The molecule has 1 unspecified atom stereocenters. The molecule has 30 heavy (non-hydrogen) atoms. The van der Waals surface area contributed by atoms with Crippen molar-refractivity contribution in [3.8, 4) is 11.5 Å². The Balaban J connectivity index is 1.69. The van der Waals surface area contributed by atoms with Crippen LogP contribution in [0.15, 0.2) is 66.7 Å². The van der Waals surface area contributed by atoms with Crippen molar-refractivity contribution in [1.29, 1.82) is 0 Å². The van der Waals surface area contributed by atoms with Crippen molar-refractivity contribution >= 4 is 29.1 Å². The topological polar surface area (TPSA) is 90.9 Å². The van der Waals surface area contributed by atoms with E-state index in [-0.39, 0.29) is 5.75 Å². The molecule has 0 saturated carbocycles. The Morgan fingerprint density at radius 2 is 1.80 bits per heavy atom. The fourth-order valence-corrected chi connectivity index (χ4v) is 3.37. The average molecular weight is 424 g/mol. The second-order valence-corrected chi connectivity index (χ2v) is 7.11. The molecule has 4 rings (SSSR count). The molecule has 1 atom stereocenters. The first-order valence-electron chi connectivity index (χ1n) is 9.10. The molecule has 0 radical (unpaired) electrons. The number of hydrogen-bond donors (Lipinski definition) is 3. The Labute approximate surface area is 177 Å². The molecule has 7 nitrogen and oxygen atoms in total. The van der Waals surface area contributed by atoms with Crippen molar-refractivity contribution in [2.75, 3.05) is 12.4 Å². The molecule has 8 heteroatoms. The zero-order valence-corrected chi connectivity index (χ0v) is 16.7. The fourth-order valence-electron chi connectivity index (χ4n) is 3.20. The number of rotatable bonds is 4. The number of phenolic OH excluding ortho intramolecular Hbond substituents is 1. The highest BCUT2D eigenvalue weighted by molar-refractivity contribution is 6.31. The zero-order valence-electron chi connectivity index (χ0n) is 15.9. The van der Waals surface area contributed by atoms with Gasteiger partial charge in [0.25, 0.3) is 11.8 Å². The Kier molecular flexibility index (Phi) is 5.20. The molecule has 0 spiro atoms. The first-order chi connectivity index (χ1) is 14.5. The molecule has 152 valence electrons. The molecule has 3 aromatic rings. The summed E-state index contributed by atoms with van der Waals surface area (Å²) >= 11 is 6.07. The molecule has 0 aliphatic carbocycles. The Hall–Kier alpha value is -3.71. The summed E-state index contributed by atoms with van der Waals surface area (Å²) in [5.41, 5.74) is 4.66. The third kappa shape index (κ3) is 3.75. The fraction of sp³-hybridized carbons (Fsp3) is 0.0909. The van der Waals surface area contributed by atoms with Crippen LogP contribution in [0.3, 0.4) is 0 Å². The number of benzene rings is 3. The predicted octanol–water partition coefficient (Wildman–Crippen LogP) is 3.97. The molecular weight excluding hydrogens is 406 g/mol. The number of hydrazine groups is 1. The SMILES string of the molecule is COc1ccc(C(=O)NN2C(=O)c3cc(Cl)ccc3NC2c2ccc(O)cc2)cc1. The van der Waals surface area contributed by atoms with E-state index in [4.69, 9.17) is 16.3 Å². The number of phenols is 1. The summed E-state index contributed by atoms with van der Waals surface area (Å²) < 4.78 is 5.11. The van der Waals surface area contributed by atoms with Crippen molar-refractivity contribution < 1.29 is 19.4 Å². The van der Waals surface area contributed by atoms with E-state index in [1.165, 1.54) is 24.3 Å². The maximum absolute atomic E-state index is 13.2. The molecule has 0 aromatic heterocycles. The van der Waals surface area contributed by atoms with Crippen LogP contribution in [-0.4, -0.2) is 29.0 Å². The van der Waals surface area contributed by atoms with E-state index in [1.807, 2.05) is 0 Å². The van der Waals surface area contributed by atoms with Gasteiger partial charge in [-0.3, -0.25) is 15.0 Å². The number of fused-ring (bicyclic) bond motifs is 1. The van der Waals surface area contributed by atoms with Gasteiger partial charge in [0.15, 0.2) is 0 Å². The lowest BCUT2D eigenvalue weighted by molar-refractivity contribution is 0.0491. The van der Waals surface area contributed by atoms with Crippen LogP contribution in [0, 0.1) is 0 Å². The van der Waals surface area contributed by atoms with Gasteiger partial charge >= 0.3 is 0 Å². The minimum absolute atomic E-state index is 0.0990. The molecule has 0 saturated heterocycles. The number of aromatic hydroxyl groups is 1. The number of anilines is 1. The molecule has 1 heterocycles. The molecule has 0 fully saturated rings. The number of hydrogen-bond acceptors (Lipinski definition) is 5. The number of ether oxygens (including phenoxy) is 1. The Morgan fingerprint density at radius 1 is 1.10 bits per heavy atom. The van der Waals surface area contributed by atoms with E-state index in [0.29, 0.717) is 33.1 Å². The maximum atomic E-state index is 13.2. The van der Waals surface area contributed by atoms with E-state index in [2.05, 4.69) is 10.7 Å². The van der Waals surface area contributed by atoms with E-state index in [0.717, 1.165) is 0 Å². The monoisotopic (exact) mass is 423 g/mol. The molecule has 1 aliphatic heterocycles. The van der Waals surface area contributed by atoms with Gasteiger partial charge in [0.1, 0.15) is 17.7 Å². The van der Waals surface area contributed by atoms with Crippen LogP contribution in [0.5, 0.6) is 11.5 Å². The van der Waals surface area contributed by atoms with Crippen molar-refractivity contribution in [2.45, 2.75) is 6.17 Å². The third-order valence-electron chi connectivity index (χ3n) is 4.76. The van der Waals surface area contributed by atoms with Gasteiger partial charge in [0.05, 0.1) is 12.7 Å². The van der Waals surface area contributed by atoms with Crippen molar-refractivity contribution in [3.05, 3.63) is 88.4 Å². The van der Waals surface area contributed by atoms with E-state index in [1.54, 1.807) is 54.6 Å². The quantitative estimate of drug-likeness (QED) is 0.590. The van der Waals surface area contributed by atoms with Crippen LogP contribution in [0.1, 0.15) is 32.4 Å². The number of amides is 2. The minimum Gasteiger partial charge on any atom is -0.508 e. The molecule has 0 bridgehead atoms. The predicted molar refractivity (Wildman–Crippen MR) is 113 cm³/mol. The van der Waals surface area contributed by atoms with Crippen molar-refractivity contribution in [2.24, 2.45) is 0 Å². The first kappa shape index (κ1) is 19.6. The number of halogens is 1. The first-order valence-corrected chi connectivity index (χ1v) is 9.47.